The van der Waals surface area contributed by atoms with Crippen LogP contribution in [0.4, 0.5) is 5.69 Å². The molecule has 4 nitrogen and oxygen atoms in total. The van der Waals surface area contributed by atoms with E-state index in [1.807, 2.05) is 35.6 Å². The van der Waals surface area contributed by atoms with Gasteiger partial charge in [-0.2, -0.15) is 0 Å². The molecule has 1 aromatic carbocycles. The van der Waals surface area contributed by atoms with Crippen molar-refractivity contribution in [3.8, 4) is 0 Å². The predicted octanol–water partition coefficient (Wildman–Crippen LogP) is 3.77. The molecule has 1 aliphatic heterocycles. The SMILES string of the molecule is CCN(c1ccc(C(=O)NCCN2CCc3sccc3C2)cc1)C(C)C. The Balaban J connectivity index is 1.48. The number of hydrogen-bond donors (Lipinski definition) is 1. The Bertz CT molecular complexity index is 723. The van der Waals surface area contributed by atoms with Crippen molar-refractivity contribution in [2.45, 2.75) is 39.8 Å². The van der Waals surface area contributed by atoms with Gasteiger partial charge in [-0.25, -0.2) is 0 Å². The molecule has 0 radical (unpaired) electrons. The molecule has 1 amide bonds. The molecule has 0 spiro atoms. The molecule has 0 unspecified atom stereocenters. The van der Waals surface area contributed by atoms with Crippen LogP contribution in [0.15, 0.2) is 35.7 Å². The minimum atomic E-state index is 0.0115. The van der Waals surface area contributed by atoms with Crippen molar-refractivity contribution in [3.63, 3.8) is 0 Å². The Hall–Kier alpha value is -1.85. The van der Waals surface area contributed by atoms with E-state index in [0.717, 1.165) is 38.2 Å². The van der Waals surface area contributed by atoms with E-state index in [-0.39, 0.29) is 5.91 Å². The fraction of sp³-hybridized carbons (Fsp3) is 0.476. The lowest BCUT2D eigenvalue weighted by Gasteiger charge is -2.27. The first-order valence-corrected chi connectivity index (χ1v) is 10.4. The van der Waals surface area contributed by atoms with Crippen LogP contribution in [0, 0.1) is 0 Å². The van der Waals surface area contributed by atoms with E-state index < -0.39 is 0 Å². The van der Waals surface area contributed by atoms with E-state index >= 15 is 0 Å². The molecule has 0 fully saturated rings. The summed E-state index contributed by atoms with van der Waals surface area (Å²) in [7, 11) is 0. The van der Waals surface area contributed by atoms with Gasteiger partial charge in [0.05, 0.1) is 0 Å². The first-order chi connectivity index (χ1) is 12.6. The number of nitrogens with one attached hydrogen (secondary N) is 1. The minimum Gasteiger partial charge on any atom is -0.369 e. The molecule has 26 heavy (non-hydrogen) atoms. The first-order valence-electron chi connectivity index (χ1n) is 9.51. The van der Waals surface area contributed by atoms with Crippen LogP contribution in [0.3, 0.4) is 0 Å². The maximum Gasteiger partial charge on any atom is 0.251 e. The van der Waals surface area contributed by atoms with Crippen molar-refractivity contribution >= 4 is 22.9 Å². The van der Waals surface area contributed by atoms with E-state index in [1.54, 1.807) is 0 Å². The molecule has 1 N–H and O–H groups in total. The molecule has 1 aromatic heterocycles. The van der Waals surface area contributed by atoms with Crippen LogP contribution in [0.5, 0.6) is 0 Å². The number of anilines is 1. The number of nitrogens with zero attached hydrogens (tertiary/aromatic N) is 2. The second-order valence-electron chi connectivity index (χ2n) is 7.08. The molecule has 0 aliphatic carbocycles. The lowest BCUT2D eigenvalue weighted by molar-refractivity contribution is 0.0947. The van der Waals surface area contributed by atoms with Crippen LogP contribution < -0.4 is 10.2 Å². The number of benzene rings is 1. The fourth-order valence-corrected chi connectivity index (χ4v) is 4.47. The molecule has 2 heterocycles. The van der Waals surface area contributed by atoms with E-state index in [4.69, 9.17) is 0 Å². The summed E-state index contributed by atoms with van der Waals surface area (Å²) in [4.78, 5) is 18.6. The van der Waals surface area contributed by atoms with Crippen molar-refractivity contribution in [1.29, 1.82) is 0 Å². The Morgan fingerprint density at radius 1 is 1.27 bits per heavy atom. The van der Waals surface area contributed by atoms with E-state index in [1.165, 1.54) is 16.1 Å². The predicted molar refractivity (Wildman–Crippen MR) is 110 cm³/mol. The number of fused-ring (bicyclic) bond motifs is 1. The number of thiophene rings is 1. The maximum atomic E-state index is 12.4. The Kier molecular flexibility index (Phi) is 6.33. The summed E-state index contributed by atoms with van der Waals surface area (Å²) in [6.45, 7) is 11.2. The van der Waals surface area contributed by atoms with Crippen LogP contribution >= 0.6 is 11.3 Å². The number of hydrogen-bond acceptors (Lipinski definition) is 4. The molecule has 0 atom stereocenters. The van der Waals surface area contributed by atoms with E-state index in [2.05, 4.69) is 47.3 Å². The number of carbonyl (C=O) groups excluding carboxylic acids is 1. The second kappa shape index (κ2) is 8.69. The Morgan fingerprint density at radius 2 is 2.04 bits per heavy atom. The molecule has 0 saturated heterocycles. The third-order valence-corrected chi connectivity index (χ3v) is 6.05. The summed E-state index contributed by atoms with van der Waals surface area (Å²) in [5, 5.41) is 5.24. The van der Waals surface area contributed by atoms with Gasteiger partial charge in [-0.3, -0.25) is 9.69 Å². The van der Waals surface area contributed by atoms with Crippen LogP contribution in [0.25, 0.3) is 0 Å². The molecule has 3 rings (SSSR count). The average molecular weight is 372 g/mol. The van der Waals surface area contributed by atoms with Crippen LogP contribution in [-0.2, 0) is 13.0 Å². The summed E-state index contributed by atoms with van der Waals surface area (Å²) < 4.78 is 0. The number of carbonyl (C=O) groups is 1. The molecule has 2 aromatic rings. The zero-order chi connectivity index (χ0) is 18.5. The fourth-order valence-electron chi connectivity index (χ4n) is 3.58. The van der Waals surface area contributed by atoms with E-state index in [0.29, 0.717) is 12.6 Å². The molecule has 140 valence electrons. The summed E-state index contributed by atoms with van der Waals surface area (Å²) in [5.74, 6) is 0.0115. The van der Waals surface area contributed by atoms with Crippen molar-refractivity contribution in [2.24, 2.45) is 0 Å². The van der Waals surface area contributed by atoms with Gasteiger partial charge in [0.2, 0.25) is 0 Å². The van der Waals surface area contributed by atoms with E-state index in [9.17, 15) is 4.79 Å². The summed E-state index contributed by atoms with van der Waals surface area (Å²) in [6.07, 6.45) is 1.13. The van der Waals surface area contributed by atoms with Crippen molar-refractivity contribution in [1.82, 2.24) is 10.2 Å². The monoisotopic (exact) mass is 371 g/mol. The quantitative estimate of drug-likeness (QED) is 0.805. The molecular weight excluding hydrogens is 342 g/mol. The molecule has 0 bridgehead atoms. The average Bonchev–Trinajstić information content (AvgIpc) is 3.10. The lowest BCUT2D eigenvalue weighted by Crippen LogP contribution is -2.37. The van der Waals surface area contributed by atoms with Gasteiger partial charge < -0.3 is 10.2 Å². The second-order valence-corrected chi connectivity index (χ2v) is 8.08. The summed E-state index contributed by atoms with van der Waals surface area (Å²) in [6, 6.07) is 10.6. The van der Waals surface area contributed by atoms with Crippen molar-refractivity contribution in [3.05, 3.63) is 51.7 Å². The highest BCUT2D eigenvalue weighted by molar-refractivity contribution is 7.10. The Labute approximate surface area is 160 Å². The Morgan fingerprint density at radius 3 is 2.73 bits per heavy atom. The van der Waals surface area contributed by atoms with Crippen LogP contribution in [0.2, 0.25) is 0 Å². The topological polar surface area (TPSA) is 35.6 Å². The van der Waals surface area contributed by atoms with Crippen molar-refractivity contribution in [2.75, 3.05) is 31.1 Å². The van der Waals surface area contributed by atoms with Gasteiger partial charge in [-0.05, 0) is 68.5 Å². The summed E-state index contributed by atoms with van der Waals surface area (Å²) >= 11 is 1.86. The zero-order valence-corrected chi connectivity index (χ0v) is 16.8. The van der Waals surface area contributed by atoms with Crippen molar-refractivity contribution < 1.29 is 4.79 Å². The normalized spacial score (nSPS) is 14.3. The molecule has 0 saturated carbocycles. The van der Waals surface area contributed by atoms with Gasteiger partial charge in [-0.1, -0.05) is 0 Å². The third kappa shape index (κ3) is 4.46. The highest BCUT2D eigenvalue weighted by Gasteiger charge is 2.17. The number of amides is 1. The van der Waals surface area contributed by atoms with Gasteiger partial charge in [0.25, 0.3) is 5.91 Å². The highest BCUT2D eigenvalue weighted by atomic mass is 32.1. The van der Waals surface area contributed by atoms with Crippen LogP contribution in [-0.4, -0.2) is 43.0 Å². The number of rotatable bonds is 7. The highest BCUT2D eigenvalue weighted by Crippen LogP contribution is 2.23. The molecule has 1 aliphatic rings. The van der Waals surface area contributed by atoms with Gasteiger partial charge in [0.15, 0.2) is 0 Å². The maximum absolute atomic E-state index is 12.4. The van der Waals surface area contributed by atoms with Gasteiger partial charge in [-0.15, -0.1) is 11.3 Å². The molecule has 5 heteroatoms. The van der Waals surface area contributed by atoms with Gasteiger partial charge >= 0.3 is 0 Å². The standard InChI is InChI=1S/C21H29N3OS/c1-4-24(16(2)3)19-7-5-17(6-8-19)21(25)22-11-13-23-12-9-20-18(15-23)10-14-26-20/h5-8,10,14,16H,4,9,11-13,15H2,1-3H3,(H,22,25). The first kappa shape index (κ1) is 18.9. The summed E-state index contributed by atoms with van der Waals surface area (Å²) in [5.41, 5.74) is 3.35. The van der Waals surface area contributed by atoms with Gasteiger partial charge in [0, 0.05) is 54.9 Å². The smallest absolute Gasteiger partial charge is 0.251 e. The molecular formula is C21H29N3OS. The van der Waals surface area contributed by atoms with Gasteiger partial charge in [0.1, 0.15) is 0 Å². The lowest BCUT2D eigenvalue weighted by atomic mass is 10.1. The zero-order valence-electron chi connectivity index (χ0n) is 16.0. The largest absolute Gasteiger partial charge is 0.369 e. The minimum absolute atomic E-state index is 0.0115. The third-order valence-electron chi connectivity index (χ3n) is 5.03. The van der Waals surface area contributed by atoms with Crippen LogP contribution in [0.1, 0.15) is 41.6 Å².